The van der Waals surface area contributed by atoms with Crippen LogP contribution >= 0.6 is 0 Å². The molecular formula is C19H20F2N2O3. The summed E-state index contributed by atoms with van der Waals surface area (Å²) < 4.78 is 35.1. The van der Waals surface area contributed by atoms with E-state index in [1.165, 1.54) is 18.2 Å². The predicted molar refractivity (Wildman–Crippen MR) is 92.3 cm³/mol. The van der Waals surface area contributed by atoms with Gasteiger partial charge in [-0.05, 0) is 43.1 Å². The Morgan fingerprint density at radius 1 is 1.15 bits per heavy atom. The number of hydrogen-bond acceptors (Lipinski definition) is 4. The summed E-state index contributed by atoms with van der Waals surface area (Å²) in [5, 5.41) is 0. The third-order valence-electron chi connectivity index (χ3n) is 4.33. The Bertz CT molecular complexity index is 784. The highest BCUT2D eigenvalue weighted by molar-refractivity contribution is 5.95. The van der Waals surface area contributed by atoms with E-state index in [2.05, 4.69) is 9.47 Å². The summed E-state index contributed by atoms with van der Waals surface area (Å²) >= 11 is 0. The highest BCUT2D eigenvalue weighted by atomic mass is 19.3. The number of amides is 1. The number of likely N-dealkylation sites (N-methyl/N-ethyl adjacent to an activating group) is 1. The van der Waals surface area contributed by atoms with Gasteiger partial charge in [0, 0.05) is 18.7 Å². The molecule has 0 spiro atoms. The molecule has 0 aromatic heterocycles. The van der Waals surface area contributed by atoms with Crippen LogP contribution in [-0.2, 0) is 6.42 Å². The van der Waals surface area contributed by atoms with Gasteiger partial charge < -0.3 is 20.1 Å². The van der Waals surface area contributed by atoms with Crippen molar-refractivity contribution in [1.82, 2.24) is 4.90 Å². The van der Waals surface area contributed by atoms with Gasteiger partial charge in [-0.1, -0.05) is 30.3 Å². The van der Waals surface area contributed by atoms with Crippen molar-refractivity contribution in [2.75, 3.05) is 13.6 Å². The summed E-state index contributed by atoms with van der Waals surface area (Å²) in [5.41, 5.74) is 7.05. The first-order chi connectivity index (χ1) is 12.4. The normalized spacial score (nSPS) is 15.5. The number of nitrogens with zero attached hydrogens (tertiary/aromatic N) is 1. The number of rotatable bonds is 6. The molecule has 1 aliphatic heterocycles. The topological polar surface area (TPSA) is 64.8 Å². The lowest BCUT2D eigenvalue weighted by Gasteiger charge is -2.28. The summed E-state index contributed by atoms with van der Waals surface area (Å²) in [4.78, 5) is 14.4. The number of nitrogens with two attached hydrogens (primary N) is 1. The fraction of sp³-hybridized carbons (Fsp3) is 0.316. The monoisotopic (exact) mass is 362 g/mol. The first-order valence-corrected chi connectivity index (χ1v) is 8.30. The van der Waals surface area contributed by atoms with Crippen LogP contribution < -0.4 is 15.2 Å². The third-order valence-corrected chi connectivity index (χ3v) is 4.33. The van der Waals surface area contributed by atoms with Crippen LogP contribution in [0.3, 0.4) is 0 Å². The lowest BCUT2D eigenvalue weighted by molar-refractivity contribution is -0.286. The molecule has 0 radical (unpaired) electrons. The van der Waals surface area contributed by atoms with E-state index in [4.69, 9.17) is 5.73 Å². The van der Waals surface area contributed by atoms with Gasteiger partial charge in [-0.25, -0.2) is 0 Å². The van der Waals surface area contributed by atoms with Gasteiger partial charge in [0.05, 0.1) is 0 Å². The predicted octanol–water partition coefficient (Wildman–Crippen LogP) is 3.04. The number of hydrogen-bond donors (Lipinski definition) is 1. The minimum absolute atomic E-state index is 0.0861. The lowest BCUT2D eigenvalue weighted by atomic mass is 10.0. The van der Waals surface area contributed by atoms with Crippen LogP contribution in [0.25, 0.3) is 0 Å². The molecule has 0 aliphatic carbocycles. The molecule has 0 saturated heterocycles. The maximum absolute atomic E-state index is 13.1. The highest BCUT2D eigenvalue weighted by Crippen LogP contribution is 2.41. The van der Waals surface area contributed by atoms with E-state index in [-0.39, 0.29) is 29.0 Å². The van der Waals surface area contributed by atoms with E-state index < -0.39 is 6.29 Å². The van der Waals surface area contributed by atoms with Gasteiger partial charge in [-0.2, -0.15) is 0 Å². The van der Waals surface area contributed by atoms with E-state index in [1.54, 1.807) is 11.9 Å². The second-order valence-electron chi connectivity index (χ2n) is 6.17. The van der Waals surface area contributed by atoms with Gasteiger partial charge >= 0.3 is 6.29 Å². The summed E-state index contributed by atoms with van der Waals surface area (Å²) in [6.45, 7) is 0.433. The van der Waals surface area contributed by atoms with E-state index in [1.807, 2.05) is 30.3 Å². The molecule has 3 rings (SSSR count). The Balaban J connectivity index is 1.77. The standard InChI is InChI=1S/C19H20F2N2O3/c1-23(15(9-10-22)11-13-5-3-2-4-6-13)18(24)14-7-8-16-17(12-14)26-19(20,21)25-16/h2-8,12,15H,9-11,22H2,1H3. The molecule has 26 heavy (non-hydrogen) atoms. The van der Waals surface area contributed by atoms with Crippen molar-refractivity contribution >= 4 is 5.91 Å². The van der Waals surface area contributed by atoms with Gasteiger partial charge in [0.1, 0.15) is 0 Å². The van der Waals surface area contributed by atoms with Crippen molar-refractivity contribution in [3.8, 4) is 11.5 Å². The average molecular weight is 362 g/mol. The van der Waals surface area contributed by atoms with Crippen molar-refractivity contribution in [2.24, 2.45) is 5.73 Å². The van der Waals surface area contributed by atoms with Crippen LogP contribution in [0.5, 0.6) is 11.5 Å². The number of carbonyl (C=O) groups excluding carboxylic acids is 1. The molecule has 1 heterocycles. The van der Waals surface area contributed by atoms with E-state index in [9.17, 15) is 13.6 Å². The Labute approximate surface area is 150 Å². The molecule has 1 unspecified atom stereocenters. The summed E-state index contributed by atoms with van der Waals surface area (Å²) in [6.07, 6.45) is -2.42. The zero-order valence-corrected chi connectivity index (χ0v) is 14.3. The Kier molecular flexibility index (Phi) is 5.08. The van der Waals surface area contributed by atoms with Crippen LogP contribution in [0.4, 0.5) is 8.78 Å². The number of carbonyl (C=O) groups is 1. The molecule has 1 atom stereocenters. The Morgan fingerprint density at radius 2 is 1.85 bits per heavy atom. The molecule has 5 nitrogen and oxygen atoms in total. The van der Waals surface area contributed by atoms with Crippen molar-refractivity contribution in [3.63, 3.8) is 0 Å². The molecule has 2 N–H and O–H groups in total. The fourth-order valence-electron chi connectivity index (χ4n) is 2.96. The minimum Gasteiger partial charge on any atom is -0.395 e. The van der Waals surface area contributed by atoms with Crippen molar-refractivity contribution in [2.45, 2.75) is 25.2 Å². The van der Waals surface area contributed by atoms with Gasteiger partial charge in [-0.3, -0.25) is 4.79 Å². The molecule has 2 aromatic rings. The summed E-state index contributed by atoms with van der Waals surface area (Å²) in [6, 6.07) is 13.7. The highest BCUT2D eigenvalue weighted by Gasteiger charge is 2.43. The van der Waals surface area contributed by atoms with Gasteiger partial charge in [-0.15, -0.1) is 8.78 Å². The number of halogens is 2. The average Bonchev–Trinajstić information content (AvgIpc) is 2.93. The molecule has 1 aliphatic rings. The Morgan fingerprint density at radius 3 is 2.54 bits per heavy atom. The first-order valence-electron chi connectivity index (χ1n) is 8.30. The second-order valence-corrected chi connectivity index (χ2v) is 6.17. The quantitative estimate of drug-likeness (QED) is 0.858. The van der Waals surface area contributed by atoms with Crippen molar-refractivity contribution in [3.05, 3.63) is 59.7 Å². The van der Waals surface area contributed by atoms with Gasteiger partial charge in [0.2, 0.25) is 0 Å². The van der Waals surface area contributed by atoms with Crippen LogP contribution in [0, 0.1) is 0 Å². The molecule has 1 amide bonds. The zero-order valence-electron chi connectivity index (χ0n) is 14.3. The largest absolute Gasteiger partial charge is 0.586 e. The number of fused-ring (bicyclic) bond motifs is 1. The minimum atomic E-state index is -3.70. The summed E-state index contributed by atoms with van der Waals surface area (Å²) in [7, 11) is 1.69. The molecule has 7 heteroatoms. The van der Waals surface area contributed by atoms with E-state index >= 15 is 0 Å². The molecule has 2 aromatic carbocycles. The summed E-state index contributed by atoms with van der Waals surface area (Å²) in [5.74, 6) is -0.523. The molecule has 138 valence electrons. The molecule has 0 bridgehead atoms. The molecule has 0 saturated carbocycles. The van der Waals surface area contributed by atoms with Crippen LogP contribution in [0.15, 0.2) is 48.5 Å². The van der Waals surface area contributed by atoms with Crippen LogP contribution in [0.1, 0.15) is 22.3 Å². The lowest BCUT2D eigenvalue weighted by Crippen LogP contribution is -2.39. The maximum atomic E-state index is 13.1. The van der Waals surface area contributed by atoms with Crippen molar-refractivity contribution in [1.29, 1.82) is 0 Å². The van der Waals surface area contributed by atoms with Crippen LogP contribution in [-0.4, -0.2) is 36.7 Å². The smallest absolute Gasteiger partial charge is 0.395 e. The number of benzene rings is 2. The van der Waals surface area contributed by atoms with Crippen molar-refractivity contribution < 1.29 is 23.0 Å². The molecule has 0 fully saturated rings. The fourth-order valence-corrected chi connectivity index (χ4v) is 2.96. The third kappa shape index (κ3) is 3.94. The maximum Gasteiger partial charge on any atom is 0.586 e. The number of ether oxygens (including phenoxy) is 2. The molecular weight excluding hydrogens is 342 g/mol. The second kappa shape index (κ2) is 7.29. The van der Waals surface area contributed by atoms with Crippen LogP contribution in [0.2, 0.25) is 0 Å². The first kappa shape index (κ1) is 18.1. The van der Waals surface area contributed by atoms with E-state index in [0.29, 0.717) is 19.4 Å². The Hall–Kier alpha value is -2.67. The number of alkyl halides is 2. The van der Waals surface area contributed by atoms with E-state index in [0.717, 1.165) is 5.56 Å². The van der Waals surface area contributed by atoms with Gasteiger partial charge in [0.25, 0.3) is 5.91 Å². The zero-order chi connectivity index (χ0) is 18.7. The van der Waals surface area contributed by atoms with Gasteiger partial charge in [0.15, 0.2) is 11.5 Å². The SMILES string of the molecule is CN(C(=O)c1ccc2c(c1)OC(F)(F)O2)C(CCN)Cc1ccccc1.